The molecule has 1 saturated heterocycles. The second kappa shape index (κ2) is 13.8. The lowest BCUT2D eigenvalue weighted by Gasteiger charge is -2.55. The van der Waals surface area contributed by atoms with Crippen LogP contribution < -0.4 is 9.64 Å². The molecule has 278 valence electrons. The minimum absolute atomic E-state index is 0.0700. The van der Waals surface area contributed by atoms with E-state index in [-0.39, 0.29) is 40.4 Å². The lowest BCUT2D eigenvalue weighted by molar-refractivity contribution is -0.124. The summed E-state index contributed by atoms with van der Waals surface area (Å²) in [7, 11) is 1.74. The summed E-state index contributed by atoms with van der Waals surface area (Å²) >= 11 is 0. The zero-order chi connectivity index (χ0) is 36.1. The molecule has 6 aliphatic rings. The van der Waals surface area contributed by atoms with Crippen LogP contribution in [0.5, 0.6) is 5.75 Å². The Kier molecular flexibility index (Phi) is 9.35. The van der Waals surface area contributed by atoms with Crippen molar-refractivity contribution in [3.63, 3.8) is 0 Å². The summed E-state index contributed by atoms with van der Waals surface area (Å²) in [4.78, 5) is 36.3. The standard InChI is InChI=1S/C43H57N5O4/c1-5-31-26-46(27-31)40(50)52-36-10-7-32(8-11-36)39(49)47(38-24-33(13-22-44-38)34-25-45-48(28-34)41(3)14-6-15-41)29-42-16-19-43(20-17-42,21-18-42)35-9-12-37(51-4)30(2)23-35/h9,12-13,22-25,28,31-32,36H,5-8,10-11,14-21,26-27,29H2,1-4H3. The van der Waals surface area contributed by atoms with Crippen LogP contribution in [0.1, 0.15) is 115 Å². The fourth-order valence-electron chi connectivity index (χ4n) is 10.0. The smallest absolute Gasteiger partial charge is 0.410 e. The number of rotatable bonds is 10. The molecule has 0 radical (unpaired) electrons. The highest BCUT2D eigenvalue weighted by atomic mass is 16.6. The van der Waals surface area contributed by atoms with Gasteiger partial charge in [-0.2, -0.15) is 5.10 Å². The summed E-state index contributed by atoms with van der Waals surface area (Å²) in [6, 6.07) is 10.9. The number of nitrogens with zero attached hydrogens (tertiary/aromatic N) is 5. The average Bonchev–Trinajstić information content (AvgIpc) is 3.64. The Labute approximate surface area is 309 Å². The third kappa shape index (κ3) is 6.51. The molecular weight excluding hydrogens is 651 g/mol. The fourth-order valence-corrected chi connectivity index (χ4v) is 10.0. The molecule has 0 spiro atoms. The van der Waals surface area contributed by atoms with Gasteiger partial charge in [0.05, 0.1) is 18.8 Å². The molecule has 2 aromatic heterocycles. The summed E-state index contributed by atoms with van der Waals surface area (Å²) in [5.41, 5.74) is 5.11. The molecule has 9 rings (SSSR count). The van der Waals surface area contributed by atoms with Gasteiger partial charge in [0.1, 0.15) is 17.7 Å². The largest absolute Gasteiger partial charge is 0.496 e. The Morgan fingerprint density at radius 1 is 0.942 bits per heavy atom. The Hall–Kier alpha value is -3.88. The van der Waals surface area contributed by atoms with E-state index in [0.717, 1.165) is 119 Å². The van der Waals surface area contributed by atoms with E-state index in [0.29, 0.717) is 12.5 Å². The van der Waals surface area contributed by atoms with Gasteiger partial charge in [-0.1, -0.05) is 19.1 Å². The molecule has 1 aromatic carbocycles. The number of amides is 2. The number of aromatic nitrogens is 3. The number of aryl methyl sites for hydroxylation is 1. The number of carbonyl (C=O) groups is 2. The molecule has 3 aromatic rings. The van der Waals surface area contributed by atoms with Gasteiger partial charge in [0.2, 0.25) is 5.91 Å². The summed E-state index contributed by atoms with van der Waals surface area (Å²) in [5.74, 6) is 2.34. The molecule has 0 atom stereocenters. The number of fused-ring (bicyclic) bond motifs is 3. The van der Waals surface area contributed by atoms with Crippen LogP contribution in [0.2, 0.25) is 0 Å². The molecule has 2 amide bonds. The van der Waals surface area contributed by atoms with E-state index >= 15 is 0 Å². The van der Waals surface area contributed by atoms with E-state index in [1.807, 2.05) is 23.4 Å². The van der Waals surface area contributed by atoms with Crippen LogP contribution in [0, 0.1) is 24.2 Å². The van der Waals surface area contributed by atoms with Crippen LogP contribution in [0.3, 0.4) is 0 Å². The molecule has 9 heteroatoms. The quantitative estimate of drug-likeness (QED) is 0.209. The molecule has 2 bridgehead atoms. The Balaban J connectivity index is 1.00. The Morgan fingerprint density at radius 2 is 1.67 bits per heavy atom. The van der Waals surface area contributed by atoms with Crippen molar-refractivity contribution in [2.75, 3.05) is 31.6 Å². The summed E-state index contributed by atoms with van der Waals surface area (Å²) in [5, 5.41) is 4.76. The molecule has 1 aliphatic heterocycles. The van der Waals surface area contributed by atoms with E-state index < -0.39 is 0 Å². The highest BCUT2D eigenvalue weighted by molar-refractivity contribution is 5.95. The van der Waals surface area contributed by atoms with Gasteiger partial charge in [0.25, 0.3) is 0 Å². The van der Waals surface area contributed by atoms with E-state index in [1.54, 1.807) is 7.11 Å². The molecule has 5 aliphatic carbocycles. The van der Waals surface area contributed by atoms with Gasteiger partial charge < -0.3 is 14.4 Å². The first-order valence-electron chi connectivity index (χ1n) is 20.1. The van der Waals surface area contributed by atoms with Gasteiger partial charge in [-0.15, -0.1) is 0 Å². The second-order valence-corrected chi connectivity index (χ2v) is 17.4. The Bertz CT molecular complexity index is 1760. The van der Waals surface area contributed by atoms with Gasteiger partial charge in [0, 0.05) is 43.5 Å². The first-order chi connectivity index (χ1) is 25.1. The van der Waals surface area contributed by atoms with Crippen molar-refractivity contribution in [1.29, 1.82) is 0 Å². The molecule has 6 fully saturated rings. The van der Waals surface area contributed by atoms with E-state index in [2.05, 4.69) is 60.8 Å². The Morgan fingerprint density at radius 3 is 2.31 bits per heavy atom. The normalized spacial score (nSPS) is 28.1. The molecule has 3 heterocycles. The van der Waals surface area contributed by atoms with Crippen molar-refractivity contribution in [3.8, 4) is 16.9 Å². The summed E-state index contributed by atoms with van der Waals surface area (Å²) in [6.45, 7) is 8.89. The number of hydrogen-bond acceptors (Lipinski definition) is 6. The third-order valence-electron chi connectivity index (χ3n) is 14.2. The number of methoxy groups -OCH3 is 1. The summed E-state index contributed by atoms with van der Waals surface area (Å²) in [6.07, 6.45) is 19.9. The number of carbonyl (C=O) groups excluding carboxylic acids is 2. The number of pyridine rings is 1. The first-order valence-corrected chi connectivity index (χ1v) is 20.1. The fraction of sp³-hybridized carbons (Fsp3) is 0.628. The van der Waals surface area contributed by atoms with E-state index in [4.69, 9.17) is 19.6 Å². The lowest BCUT2D eigenvalue weighted by atomic mass is 9.51. The van der Waals surface area contributed by atoms with Gasteiger partial charge in [-0.25, -0.2) is 9.78 Å². The van der Waals surface area contributed by atoms with Crippen molar-refractivity contribution in [2.24, 2.45) is 17.3 Å². The molecule has 0 unspecified atom stereocenters. The highest BCUT2D eigenvalue weighted by Crippen LogP contribution is 2.58. The zero-order valence-corrected chi connectivity index (χ0v) is 31.7. The van der Waals surface area contributed by atoms with Crippen LogP contribution in [0.15, 0.2) is 48.9 Å². The number of benzene rings is 1. The zero-order valence-electron chi connectivity index (χ0n) is 31.7. The topological polar surface area (TPSA) is 89.8 Å². The maximum absolute atomic E-state index is 14.8. The van der Waals surface area contributed by atoms with Crippen LogP contribution >= 0.6 is 0 Å². The van der Waals surface area contributed by atoms with Crippen molar-refractivity contribution < 1.29 is 19.1 Å². The maximum Gasteiger partial charge on any atom is 0.410 e. The van der Waals surface area contributed by atoms with Crippen molar-refractivity contribution >= 4 is 17.8 Å². The number of ether oxygens (including phenoxy) is 2. The molecular formula is C43H57N5O4. The third-order valence-corrected chi connectivity index (χ3v) is 14.2. The molecule has 0 N–H and O–H groups in total. The van der Waals surface area contributed by atoms with Gasteiger partial charge in [-0.3, -0.25) is 14.4 Å². The minimum Gasteiger partial charge on any atom is -0.496 e. The average molecular weight is 708 g/mol. The van der Waals surface area contributed by atoms with Crippen LogP contribution in [0.4, 0.5) is 10.6 Å². The lowest BCUT2D eigenvalue weighted by Crippen LogP contribution is -2.52. The van der Waals surface area contributed by atoms with Crippen molar-refractivity contribution in [3.05, 3.63) is 60.0 Å². The molecule has 52 heavy (non-hydrogen) atoms. The van der Waals surface area contributed by atoms with Gasteiger partial charge in [-0.05, 0) is 155 Å². The van der Waals surface area contributed by atoms with Crippen LogP contribution in [0.25, 0.3) is 11.1 Å². The molecule has 5 saturated carbocycles. The van der Waals surface area contributed by atoms with Gasteiger partial charge >= 0.3 is 6.09 Å². The van der Waals surface area contributed by atoms with Crippen LogP contribution in [-0.2, 0) is 20.5 Å². The first kappa shape index (κ1) is 35.2. The summed E-state index contributed by atoms with van der Waals surface area (Å²) < 4.78 is 13.6. The second-order valence-electron chi connectivity index (χ2n) is 17.4. The van der Waals surface area contributed by atoms with E-state index in [1.165, 1.54) is 17.5 Å². The minimum atomic E-state index is -0.189. The monoisotopic (exact) mass is 707 g/mol. The van der Waals surface area contributed by atoms with Gasteiger partial charge in [0.15, 0.2) is 0 Å². The maximum atomic E-state index is 14.8. The van der Waals surface area contributed by atoms with Crippen molar-refractivity contribution in [1.82, 2.24) is 19.7 Å². The number of anilines is 1. The highest BCUT2D eigenvalue weighted by Gasteiger charge is 2.51. The van der Waals surface area contributed by atoms with Crippen LogP contribution in [-0.4, -0.2) is 64.5 Å². The predicted octanol–water partition coefficient (Wildman–Crippen LogP) is 8.82. The molecule has 9 nitrogen and oxygen atoms in total. The predicted molar refractivity (Wildman–Crippen MR) is 202 cm³/mol. The van der Waals surface area contributed by atoms with Crippen molar-refractivity contribution in [2.45, 2.75) is 128 Å². The number of likely N-dealkylation sites (tertiary alicyclic amines) is 1. The van der Waals surface area contributed by atoms with E-state index in [9.17, 15) is 9.59 Å². The SMILES string of the molecule is CCC1CN(C(=O)OC2CCC(C(=O)N(CC34CCC(c5ccc(OC)c(C)c5)(CC3)CC4)c3cc(-c4cnn(C5(C)CCC5)c4)ccn3)CC2)C1. The number of hydrogen-bond donors (Lipinski definition) is 0.